The highest BCUT2D eigenvalue weighted by Gasteiger charge is 2.47. The number of rotatable bonds is 12. The summed E-state index contributed by atoms with van der Waals surface area (Å²) in [6, 6.07) is 12.1. The molecule has 1 saturated carbocycles. The maximum Gasteiger partial charge on any atom is 0.407 e. The molecule has 52 heavy (non-hydrogen) atoms. The standard InChI is InChI=1S/C34H40ClF5N4O5.O2S/c1-5-44-28(23-12-11-22(16-24(23)49-30(36)37)17-32(3,4)34(38,39)40)26(35)27(43-44)29(45)41-19-33(47)14-13-20(2)15-25(33)42-31(46)48-18-21-9-7-6-8-10-21;1-3-2/h6-12,16,20,25,30,47H,5,13-15,17-19H2,1-4H3,(H,41,45)(H,42,46);/t20-,25-,33-;/m1./s1. The number of hydrogen-bond acceptors (Lipinski definition) is 8. The molecule has 3 aromatic rings. The van der Waals surface area contributed by atoms with Gasteiger partial charge in [-0.2, -0.15) is 35.5 Å². The summed E-state index contributed by atoms with van der Waals surface area (Å²) < 4.78 is 95.5. The summed E-state index contributed by atoms with van der Waals surface area (Å²) in [5.41, 5.74) is -3.06. The van der Waals surface area contributed by atoms with E-state index in [9.17, 15) is 36.6 Å². The average molecular weight is 779 g/mol. The molecule has 1 aliphatic rings. The first-order chi connectivity index (χ1) is 24.3. The lowest BCUT2D eigenvalue weighted by atomic mass is 9.75. The highest BCUT2D eigenvalue weighted by Crippen LogP contribution is 2.43. The minimum absolute atomic E-state index is 0.00885. The third-order valence-corrected chi connectivity index (χ3v) is 9.11. The van der Waals surface area contributed by atoms with Gasteiger partial charge in [0.05, 0.1) is 22.2 Å². The second-order valence-corrected chi connectivity index (χ2v) is 13.6. The van der Waals surface area contributed by atoms with E-state index in [1.54, 1.807) is 19.1 Å². The summed E-state index contributed by atoms with van der Waals surface area (Å²) in [7, 11) is 0. The number of alkyl halides is 5. The molecule has 0 spiro atoms. The first kappa shape index (κ1) is 42.3. The van der Waals surface area contributed by atoms with E-state index in [-0.39, 0.29) is 59.6 Å². The van der Waals surface area contributed by atoms with Crippen molar-refractivity contribution in [1.82, 2.24) is 20.4 Å². The van der Waals surface area contributed by atoms with E-state index in [0.29, 0.717) is 12.8 Å². The summed E-state index contributed by atoms with van der Waals surface area (Å²) in [6.07, 6.45) is -4.48. The molecular weight excluding hydrogens is 739 g/mol. The number of halogens is 6. The number of aliphatic hydroxyl groups is 1. The van der Waals surface area contributed by atoms with Crippen molar-refractivity contribution < 1.29 is 54.5 Å². The van der Waals surface area contributed by atoms with Crippen molar-refractivity contribution >= 4 is 35.2 Å². The Bertz CT molecular complexity index is 1720. The molecule has 0 bridgehead atoms. The van der Waals surface area contributed by atoms with Gasteiger partial charge < -0.3 is 25.2 Å². The van der Waals surface area contributed by atoms with E-state index in [4.69, 9.17) is 29.5 Å². The Balaban J connectivity index is 0.00000235. The second kappa shape index (κ2) is 18.1. The lowest BCUT2D eigenvalue weighted by Gasteiger charge is -2.42. The monoisotopic (exact) mass is 778 g/mol. The minimum Gasteiger partial charge on any atom is -0.445 e. The van der Waals surface area contributed by atoms with Crippen LogP contribution in [0.5, 0.6) is 5.75 Å². The maximum absolute atomic E-state index is 13.5. The molecule has 18 heteroatoms. The fraction of sp³-hybridized carbons (Fsp3) is 0.500. The van der Waals surface area contributed by atoms with E-state index in [1.165, 1.54) is 16.8 Å². The van der Waals surface area contributed by atoms with Crippen molar-refractivity contribution in [3.63, 3.8) is 0 Å². The Morgan fingerprint density at radius 2 is 1.79 bits per heavy atom. The van der Waals surface area contributed by atoms with Gasteiger partial charge in [-0.25, -0.2) is 4.79 Å². The number of ether oxygens (including phenoxy) is 2. The van der Waals surface area contributed by atoms with Gasteiger partial charge in [-0.05, 0) is 61.8 Å². The van der Waals surface area contributed by atoms with Gasteiger partial charge in [0.2, 0.25) is 0 Å². The van der Waals surface area contributed by atoms with E-state index in [0.717, 1.165) is 25.5 Å². The lowest BCUT2D eigenvalue weighted by Crippen LogP contribution is -2.60. The van der Waals surface area contributed by atoms with Crippen molar-refractivity contribution in [2.75, 3.05) is 6.54 Å². The van der Waals surface area contributed by atoms with Crippen LogP contribution >= 0.6 is 11.6 Å². The molecule has 0 radical (unpaired) electrons. The molecule has 0 unspecified atom stereocenters. The van der Waals surface area contributed by atoms with Gasteiger partial charge in [-0.15, -0.1) is 0 Å². The van der Waals surface area contributed by atoms with Crippen LogP contribution in [0.25, 0.3) is 11.3 Å². The first-order valence-corrected chi connectivity index (χ1v) is 17.2. The maximum atomic E-state index is 13.5. The van der Waals surface area contributed by atoms with Crippen LogP contribution in [0.3, 0.4) is 0 Å². The highest BCUT2D eigenvalue weighted by molar-refractivity contribution is 7.51. The zero-order valence-electron chi connectivity index (χ0n) is 28.8. The molecule has 3 atom stereocenters. The molecule has 2 amide bonds. The number of hydrogen-bond donors (Lipinski definition) is 3. The third kappa shape index (κ3) is 11.0. The Morgan fingerprint density at radius 1 is 1.13 bits per heavy atom. The van der Waals surface area contributed by atoms with E-state index in [2.05, 4.69) is 15.7 Å². The molecule has 3 N–H and O–H groups in total. The fourth-order valence-electron chi connectivity index (χ4n) is 5.79. The Morgan fingerprint density at radius 3 is 2.38 bits per heavy atom. The van der Waals surface area contributed by atoms with Gasteiger partial charge in [-0.3, -0.25) is 9.48 Å². The number of amides is 2. The molecule has 1 aromatic heterocycles. The van der Waals surface area contributed by atoms with Crippen molar-refractivity contribution in [2.24, 2.45) is 11.3 Å². The lowest BCUT2D eigenvalue weighted by molar-refractivity contribution is -0.211. The summed E-state index contributed by atoms with van der Waals surface area (Å²) >= 11 is 5.89. The molecule has 0 saturated heterocycles. The molecule has 11 nitrogen and oxygen atoms in total. The Kier molecular flexibility index (Phi) is 14.7. The van der Waals surface area contributed by atoms with Gasteiger partial charge in [0, 0.05) is 18.7 Å². The summed E-state index contributed by atoms with van der Waals surface area (Å²) in [5, 5.41) is 21.0. The van der Waals surface area contributed by atoms with E-state index >= 15 is 0 Å². The van der Waals surface area contributed by atoms with Gasteiger partial charge in [-0.1, -0.05) is 68.8 Å². The van der Waals surface area contributed by atoms with E-state index < -0.39 is 65.6 Å². The third-order valence-electron chi connectivity index (χ3n) is 8.76. The largest absolute Gasteiger partial charge is 0.445 e. The van der Waals surface area contributed by atoms with Crippen LogP contribution in [0, 0.1) is 11.3 Å². The highest BCUT2D eigenvalue weighted by atomic mass is 35.5. The van der Waals surface area contributed by atoms with Gasteiger partial charge in [0.25, 0.3) is 5.91 Å². The molecule has 4 rings (SSSR count). The zero-order chi connectivity index (χ0) is 38.9. The summed E-state index contributed by atoms with van der Waals surface area (Å²) in [4.78, 5) is 26.1. The summed E-state index contributed by atoms with van der Waals surface area (Å²) in [5.74, 6) is -1.05. The quantitative estimate of drug-likeness (QED) is 0.169. The molecule has 2 aromatic carbocycles. The summed E-state index contributed by atoms with van der Waals surface area (Å²) in [6.45, 7) is 2.24. The van der Waals surface area contributed by atoms with E-state index in [1.807, 2.05) is 25.1 Å². The topological polar surface area (TPSA) is 149 Å². The van der Waals surface area contributed by atoms with Gasteiger partial charge in [0.15, 0.2) is 5.69 Å². The van der Waals surface area contributed by atoms with Crippen LogP contribution in [-0.4, -0.2) is 66.3 Å². The number of carbonyl (C=O) groups excluding carboxylic acids is 2. The van der Waals surface area contributed by atoms with Crippen LogP contribution in [0.1, 0.15) is 68.6 Å². The molecule has 286 valence electrons. The predicted octanol–water partition coefficient (Wildman–Crippen LogP) is 6.86. The first-order valence-electron chi connectivity index (χ1n) is 16.2. The van der Waals surface area contributed by atoms with Crippen molar-refractivity contribution in [3.8, 4) is 17.0 Å². The number of carbonyl (C=O) groups is 2. The number of alkyl carbamates (subject to hydrolysis) is 1. The molecule has 1 heterocycles. The Labute approximate surface area is 305 Å². The van der Waals surface area contributed by atoms with Crippen LogP contribution in [0.4, 0.5) is 26.7 Å². The van der Waals surface area contributed by atoms with Crippen molar-refractivity contribution in [2.45, 2.75) is 91.0 Å². The number of benzene rings is 2. The zero-order valence-corrected chi connectivity index (χ0v) is 30.3. The van der Waals surface area contributed by atoms with Crippen molar-refractivity contribution in [1.29, 1.82) is 0 Å². The minimum atomic E-state index is -4.55. The van der Waals surface area contributed by atoms with Crippen LogP contribution in [-0.2, 0) is 35.9 Å². The SMILES string of the molecule is CCn1nc(C(=O)NC[C@]2(O)CC[C@@H](C)C[C@H]2NC(=O)OCc2ccccc2)c(Cl)c1-c1ccc(CC(C)(C)C(F)(F)F)cc1OC(F)F.O=S=O. The Hall–Kier alpha value is -4.09. The molecule has 1 aliphatic carbocycles. The van der Waals surface area contributed by atoms with Gasteiger partial charge in [0.1, 0.15) is 18.0 Å². The number of aryl methyl sites for hydroxylation is 1. The second-order valence-electron chi connectivity index (χ2n) is 13.1. The smallest absolute Gasteiger partial charge is 0.407 e. The number of aromatic nitrogens is 2. The molecule has 1 fully saturated rings. The van der Waals surface area contributed by atoms with Crippen LogP contribution in [0.2, 0.25) is 5.02 Å². The fourth-order valence-corrected chi connectivity index (χ4v) is 6.11. The number of nitrogens with zero attached hydrogens (tertiary/aromatic N) is 2. The molecule has 0 aliphatic heterocycles. The average Bonchev–Trinajstić information content (AvgIpc) is 3.40. The van der Waals surface area contributed by atoms with Gasteiger partial charge >= 0.3 is 30.5 Å². The van der Waals surface area contributed by atoms with Crippen LogP contribution in [0.15, 0.2) is 48.5 Å². The number of nitrogens with one attached hydrogen (secondary N) is 2. The van der Waals surface area contributed by atoms with Crippen molar-refractivity contribution in [3.05, 3.63) is 70.4 Å². The molecular formula is C34H40ClF5N4O7S. The predicted molar refractivity (Wildman–Crippen MR) is 181 cm³/mol. The normalized spacial score (nSPS) is 18.9. The van der Waals surface area contributed by atoms with Crippen LogP contribution < -0.4 is 15.4 Å².